The topological polar surface area (TPSA) is 18.5 Å². The summed E-state index contributed by atoms with van der Waals surface area (Å²) in [5.41, 5.74) is 1.08. The van der Waals surface area contributed by atoms with Gasteiger partial charge < -0.3 is 9.47 Å². The van der Waals surface area contributed by atoms with E-state index < -0.39 is 0 Å². The predicted octanol–water partition coefficient (Wildman–Crippen LogP) is 4.10. The van der Waals surface area contributed by atoms with Crippen LogP contribution in [0.25, 0.3) is 0 Å². The van der Waals surface area contributed by atoms with Gasteiger partial charge in [0.1, 0.15) is 5.75 Å². The number of rotatable bonds is 5. The van der Waals surface area contributed by atoms with E-state index in [1.165, 1.54) is 24.8 Å². The summed E-state index contributed by atoms with van der Waals surface area (Å²) in [6, 6.07) is 8.05. The highest BCUT2D eigenvalue weighted by Crippen LogP contribution is 2.33. The van der Waals surface area contributed by atoms with Crippen LogP contribution in [-0.2, 0) is 11.3 Å². The number of ether oxygens (including phenoxy) is 2. The van der Waals surface area contributed by atoms with Crippen LogP contribution in [0.3, 0.4) is 0 Å². The highest BCUT2D eigenvalue weighted by Gasteiger charge is 2.29. The molecule has 1 fully saturated rings. The molecule has 2 heteroatoms. The highest BCUT2D eigenvalue weighted by atomic mass is 16.5. The van der Waals surface area contributed by atoms with Crippen molar-refractivity contribution in [3.63, 3.8) is 0 Å². The van der Waals surface area contributed by atoms with Gasteiger partial charge in [0.05, 0.1) is 19.3 Å². The van der Waals surface area contributed by atoms with Crippen LogP contribution < -0.4 is 4.74 Å². The molecule has 2 rings (SSSR count). The summed E-state index contributed by atoms with van der Waals surface area (Å²) in [4.78, 5) is 0. The Bertz CT molecular complexity index is 375. The van der Waals surface area contributed by atoms with Crippen molar-refractivity contribution in [3.8, 4) is 5.75 Å². The van der Waals surface area contributed by atoms with Crippen LogP contribution in [-0.4, -0.2) is 12.7 Å². The summed E-state index contributed by atoms with van der Waals surface area (Å²) in [5.74, 6) is 0.884. The van der Waals surface area contributed by atoms with Gasteiger partial charge in [0.25, 0.3) is 0 Å². The third-order valence-corrected chi connectivity index (χ3v) is 3.76. The van der Waals surface area contributed by atoms with Gasteiger partial charge in [0.2, 0.25) is 0 Å². The molecule has 0 heterocycles. The van der Waals surface area contributed by atoms with Gasteiger partial charge in [-0.25, -0.2) is 0 Å². The zero-order chi connectivity index (χ0) is 12.8. The van der Waals surface area contributed by atoms with E-state index in [-0.39, 0.29) is 5.60 Å². The number of hydrogen-bond donors (Lipinski definition) is 0. The molecule has 1 aromatic rings. The molecule has 0 aromatic heterocycles. The minimum Gasteiger partial charge on any atom is -0.497 e. The Morgan fingerprint density at radius 2 is 1.83 bits per heavy atom. The molecule has 1 saturated carbocycles. The normalized spacial score (nSPS) is 18.3. The van der Waals surface area contributed by atoms with Crippen molar-refractivity contribution >= 4 is 0 Å². The molecule has 18 heavy (non-hydrogen) atoms. The second-order valence-corrected chi connectivity index (χ2v) is 4.97. The quantitative estimate of drug-likeness (QED) is 0.728. The van der Waals surface area contributed by atoms with E-state index in [9.17, 15) is 0 Å². The Morgan fingerprint density at radius 3 is 2.39 bits per heavy atom. The van der Waals surface area contributed by atoms with Gasteiger partial charge in [-0.15, -0.1) is 6.58 Å². The Balaban J connectivity index is 1.94. The van der Waals surface area contributed by atoms with E-state index in [2.05, 4.69) is 18.7 Å². The standard InChI is InChI=1S/C16H22O2/c1-3-16(11-5-4-6-12-16)18-13-14-7-9-15(17-2)10-8-14/h3,7-10H,1,4-6,11-13H2,2H3. The minimum absolute atomic E-state index is 0.0990. The molecule has 0 N–H and O–H groups in total. The highest BCUT2D eigenvalue weighted by molar-refractivity contribution is 5.26. The molecule has 0 bridgehead atoms. The van der Waals surface area contributed by atoms with Crippen molar-refractivity contribution in [1.29, 1.82) is 0 Å². The molecule has 0 aliphatic heterocycles. The molecule has 98 valence electrons. The number of hydrogen-bond acceptors (Lipinski definition) is 2. The van der Waals surface area contributed by atoms with E-state index in [0.717, 1.165) is 18.6 Å². The molecule has 0 saturated heterocycles. The van der Waals surface area contributed by atoms with Crippen molar-refractivity contribution in [2.75, 3.05) is 7.11 Å². The third-order valence-electron chi connectivity index (χ3n) is 3.76. The van der Waals surface area contributed by atoms with Crippen molar-refractivity contribution in [3.05, 3.63) is 42.5 Å². The first kappa shape index (κ1) is 13.2. The lowest BCUT2D eigenvalue weighted by Gasteiger charge is -2.34. The van der Waals surface area contributed by atoms with Gasteiger partial charge in [0, 0.05) is 0 Å². The van der Waals surface area contributed by atoms with Gasteiger partial charge in [0.15, 0.2) is 0 Å². The molecule has 1 aliphatic rings. The first-order valence-electron chi connectivity index (χ1n) is 6.68. The van der Waals surface area contributed by atoms with Crippen LogP contribution in [0.2, 0.25) is 0 Å². The summed E-state index contributed by atoms with van der Waals surface area (Å²) in [7, 11) is 1.68. The van der Waals surface area contributed by atoms with Gasteiger partial charge in [-0.1, -0.05) is 37.5 Å². The SMILES string of the molecule is C=CC1(OCc2ccc(OC)cc2)CCCCC1. The minimum atomic E-state index is -0.0990. The molecule has 0 unspecified atom stereocenters. The molecular formula is C16H22O2. The maximum atomic E-state index is 6.12. The Labute approximate surface area is 110 Å². The summed E-state index contributed by atoms with van der Waals surface area (Å²) in [6.07, 6.45) is 8.01. The smallest absolute Gasteiger partial charge is 0.118 e. The molecule has 1 aromatic carbocycles. The molecule has 0 atom stereocenters. The van der Waals surface area contributed by atoms with Gasteiger partial charge in [-0.2, -0.15) is 0 Å². The fourth-order valence-electron chi connectivity index (χ4n) is 2.51. The van der Waals surface area contributed by atoms with Crippen molar-refractivity contribution in [1.82, 2.24) is 0 Å². The average Bonchev–Trinajstić information content (AvgIpc) is 2.47. The second-order valence-electron chi connectivity index (χ2n) is 4.97. The maximum absolute atomic E-state index is 6.12. The first-order valence-corrected chi connectivity index (χ1v) is 6.68. The Hall–Kier alpha value is -1.28. The van der Waals surface area contributed by atoms with Gasteiger partial charge >= 0.3 is 0 Å². The van der Waals surface area contributed by atoms with E-state index >= 15 is 0 Å². The van der Waals surface area contributed by atoms with E-state index in [0.29, 0.717) is 6.61 Å². The van der Waals surface area contributed by atoms with Gasteiger partial charge in [-0.3, -0.25) is 0 Å². The molecule has 2 nitrogen and oxygen atoms in total. The number of benzene rings is 1. The molecule has 0 spiro atoms. The van der Waals surface area contributed by atoms with Crippen molar-refractivity contribution in [2.24, 2.45) is 0 Å². The van der Waals surface area contributed by atoms with Crippen LogP contribution in [0.5, 0.6) is 5.75 Å². The van der Waals surface area contributed by atoms with E-state index in [1.54, 1.807) is 7.11 Å². The van der Waals surface area contributed by atoms with Crippen molar-refractivity contribution < 1.29 is 9.47 Å². The maximum Gasteiger partial charge on any atom is 0.118 e. The predicted molar refractivity (Wildman–Crippen MR) is 73.8 cm³/mol. The largest absolute Gasteiger partial charge is 0.497 e. The second kappa shape index (κ2) is 6.05. The average molecular weight is 246 g/mol. The Morgan fingerprint density at radius 1 is 1.17 bits per heavy atom. The first-order chi connectivity index (χ1) is 8.78. The zero-order valence-electron chi connectivity index (χ0n) is 11.2. The van der Waals surface area contributed by atoms with Gasteiger partial charge in [-0.05, 0) is 30.5 Å². The van der Waals surface area contributed by atoms with Crippen LogP contribution in [0.4, 0.5) is 0 Å². The summed E-state index contributed by atoms with van der Waals surface area (Å²) >= 11 is 0. The molecular weight excluding hydrogens is 224 g/mol. The zero-order valence-corrected chi connectivity index (χ0v) is 11.2. The third kappa shape index (κ3) is 3.14. The van der Waals surface area contributed by atoms with Crippen LogP contribution in [0.1, 0.15) is 37.7 Å². The number of methoxy groups -OCH3 is 1. The van der Waals surface area contributed by atoms with Crippen molar-refractivity contribution in [2.45, 2.75) is 44.3 Å². The molecule has 1 aliphatic carbocycles. The lowest BCUT2D eigenvalue weighted by Crippen LogP contribution is -2.32. The summed E-state index contributed by atoms with van der Waals surface area (Å²) in [6.45, 7) is 4.60. The van der Waals surface area contributed by atoms with Crippen LogP contribution in [0, 0.1) is 0 Å². The summed E-state index contributed by atoms with van der Waals surface area (Å²) < 4.78 is 11.3. The van der Waals surface area contributed by atoms with E-state index in [1.807, 2.05) is 18.2 Å². The summed E-state index contributed by atoms with van der Waals surface area (Å²) in [5, 5.41) is 0. The lowest BCUT2D eigenvalue weighted by molar-refractivity contribution is -0.0440. The molecule has 0 amide bonds. The van der Waals surface area contributed by atoms with E-state index in [4.69, 9.17) is 9.47 Å². The fourth-order valence-corrected chi connectivity index (χ4v) is 2.51. The monoisotopic (exact) mass is 246 g/mol. The molecule has 0 radical (unpaired) electrons. The van der Waals surface area contributed by atoms with Crippen LogP contribution in [0.15, 0.2) is 36.9 Å². The van der Waals surface area contributed by atoms with Crippen LogP contribution >= 0.6 is 0 Å². The fraction of sp³-hybridized carbons (Fsp3) is 0.500. The Kier molecular flexibility index (Phi) is 4.43. The lowest BCUT2D eigenvalue weighted by atomic mass is 9.85.